The van der Waals surface area contributed by atoms with Crippen molar-refractivity contribution in [1.29, 1.82) is 0 Å². The van der Waals surface area contributed by atoms with Gasteiger partial charge in [0.2, 0.25) is 0 Å². The quantitative estimate of drug-likeness (QED) is 0.577. The molecule has 0 rings (SSSR count). The Morgan fingerprint density at radius 1 is 1.78 bits per heavy atom. The molecule has 0 aliphatic carbocycles. The molecule has 0 saturated carbocycles. The van der Waals surface area contributed by atoms with E-state index in [1.165, 1.54) is 0 Å². The Hall–Kier alpha value is 0.1000. The third-order valence-electron chi connectivity index (χ3n) is 0.723. The molecular formula is C6H11IN2. The Balaban J connectivity index is 3.84. The zero-order valence-electron chi connectivity index (χ0n) is 5.63. The Morgan fingerprint density at radius 3 is 2.67 bits per heavy atom. The second-order valence-electron chi connectivity index (χ2n) is 1.72. The van der Waals surface area contributed by atoms with Crippen molar-refractivity contribution in [3.63, 3.8) is 0 Å². The first-order valence-electron chi connectivity index (χ1n) is 2.78. The summed E-state index contributed by atoms with van der Waals surface area (Å²) in [6.45, 7) is 3.84. The number of rotatable bonds is 2. The van der Waals surface area contributed by atoms with Crippen molar-refractivity contribution in [2.75, 3.05) is 0 Å². The van der Waals surface area contributed by atoms with Gasteiger partial charge in [0.1, 0.15) is 0 Å². The van der Waals surface area contributed by atoms with Gasteiger partial charge < -0.3 is 5.73 Å². The van der Waals surface area contributed by atoms with Gasteiger partial charge in [-0.3, -0.25) is 4.99 Å². The molecule has 1 unspecified atom stereocenters. The highest BCUT2D eigenvalue weighted by molar-refractivity contribution is 14.1. The molecule has 0 fully saturated rings. The predicted molar refractivity (Wildman–Crippen MR) is 49.9 cm³/mol. The molecule has 9 heavy (non-hydrogen) atoms. The number of nitrogens with zero attached hydrogens (tertiary/aromatic N) is 1. The first kappa shape index (κ1) is 9.10. The van der Waals surface area contributed by atoms with E-state index in [4.69, 9.17) is 5.73 Å². The molecule has 0 spiro atoms. The minimum atomic E-state index is 0.0572. The van der Waals surface area contributed by atoms with E-state index < -0.39 is 0 Å². The maximum atomic E-state index is 5.50. The maximum absolute atomic E-state index is 5.50. The minimum absolute atomic E-state index is 0.0572. The summed E-state index contributed by atoms with van der Waals surface area (Å²) in [6, 6.07) is 0.0572. The van der Waals surface area contributed by atoms with Gasteiger partial charge in [0.25, 0.3) is 0 Å². The first-order chi connectivity index (χ1) is 4.18. The number of allylic oxidation sites excluding steroid dienone is 1. The van der Waals surface area contributed by atoms with Crippen LogP contribution in [0.1, 0.15) is 13.8 Å². The summed E-state index contributed by atoms with van der Waals surface area (Å²) in [5, 5.41) is 0. The van der Waals surface area contributed by atoms with E-state index >= 15 is 0 Å². The van der Waals surface area contributed by atoms with Crippen LogP contribution in [0.3, 0.4) is 0 Å². The van der Waals surface area contributed by atoms with Gasteiger partial charge in [-0.15, -0.1) is 0 Å². The summed E-state index contributed by atoms with van der Waals surface area (Å²) in [6.07, 6.45) is 3.62. The zero-order chi connectivity index (χ0) is 7.28. The topological polar surface area (TPSA) is 38.4 Å². The van der Waals surface area contributed by atoms with Gasteiger partial charge in [-0.05, 0) is 36.4 Å². The largest absolute Gasteiger partial charge is 0.322 e. The summed E-state index contributed by atoms with van der Waals surface area (Å²) in [5.41, 5.74) is 5.50. The normalized spacial score (nSPS) is 16.7. The number of hydrogen-bond donors (Lipinski definition) is 1. The van der Waals surface area contributed by atoms with Gasteiger partial charge in [-0.2, -0.15) is 0 Å². The van der Waals surface area contributed by atoms with E-state index in [0.717, 1.165) is 3.72 Å². The van der Waals surface area contributed by atoms with E-state index in [2.05, 4.69) is 27.6 Å². The monoisotopic (exact) mass is 238 g/mol. The minimum Gasteiger partial charge on any atom is -0.322 e. The van der Waals surface area contributed by atoms with Crippen molar-refractivity contribution < 1.29 is 0 Å². The Bertz CT molecular complexity index is 127. The molecule has 0 aliphatic rings. The smallest absolute Gasteiger partial charge is 0.0947 e. The molecule has 3 heteroatoms. The van der Waals surface area contributed by atoms with Crippen molar-refractivity contribution in [2.24, 2.45) is 10.7 Å². The lowest BCUT2D eigenvalue weighted by Gasteiger charge is -1.97. The van der Waals surface area contributed by atoms with Crippen LogP contribution in [0.5, 0.6) is 0 Å². The second kappa shape index (κ2) is 4.93. The van der Waals surface area contributed by atoms with Gasteiger partial charge in [0.05, 0.1) is 9.76 Å². The molecule has 0 aliphatic heterocycles. The highest BCUT2D eigenvalue weighted by atomic mass is 127. The third kappa shape index (κ3) is 4.59. The van der Waals surface area contributed by atoms with Crippen LogP contribution in [-0.4, -0.2) is 9.76 Å². The lowest BCUT2D eigenvalue weighted by Crippen LogP contribution is -2.21. The maximum Gasteiger partial charge on any atom is 0.0947 e. The Morgan fingerprint density at radius 2 is 2.33 bits per heavy atom. The molecule has 0 aromatic carbocycles. The summed E-state index contributed by atoms with van der Waals surface area (Å²) >= 11 is 2.13. The molecule has 0 saturated heterocycles. The second-order valence-corrected chi connectivity index (χ2v) is 2.83. The summed E-state index contributed by atoms with van der Waals surface area (Å²) in [7, 11) is 0. The fourth-order valence-electron chi connectivity index (χ4n) is 0.263. The fourth-order valence-corrected chi connectivity index (χ4v) is 0.424. The van der Waals surface area contributed by atoms with Gasteiger partial charge in [0.15, 0.2) is 0 Å². The van der Waals surface area contributed by atoms with E-state index in [0.29, 0.717) is 0 Å². The van der Waals surface area contributed by atoms with Gasteiger partial charge >= 0.3 is 0 Å². The molecule has 1 atom stereocenters. The van der Waals surface area contributed by atoms with Crippen molar-refractivity contribution in [1.82, 2.24) is 0 Å². The van der Waals surface area contributed by atoms with Gasteiger partial charge in [-0.25, -0.2) is 0 Å². The van der Waals surface area contributed by atoms with E-state index in [9.17, 15) is 0 Å². The fraction of sp³-hybridized carbons (Fsp3) is 0.500. The molecule has 2 nitrogen and oxygen atoms in total. The number of halogens is 1. The molecular weight excluding hydrogens is 227 g/mol. The molecule has 0 aromatic heterocycles. The highest BCUT2D eigenvalue weighted by Crippen LogP contribution is 1.95. The number of nitrogens with two attached hydrogens (primary N) is 1. The summed E-state index contributed by atoms with van der Waals surface area (Å²) in [4.78, 5) is 4.04. The van der Waals surface area contributed by atoms with E-state index in [1.807, 2.05) is 19.9 Å². The number of hydrogen-bond acceptors (Lipinski definition) is 2. The molecule has 0 amide bonds. The predicted octanol–water partition coefficient (Wildman–Crippen LogP) is 1.70. The molecule has 0 aromatic rings. The van der Waals surface area contributed by atoms with Crippen molar-refractivity contribution in [2.45, 2.75) is 19.9 Å². The number of aliphatic imine (C=N–C) groups is 1. The van der Waals surface area contributed by atoms with Crippen LogP contribution in [0.4, 0.5) is 0 Å². The first-order valence-corrected chi connectivity index (χ1v) is 3.86. The van der Waals surface area contributed by atoms with Crippen molar-refractivity contribution in [3.8, 4) is 0 Å². The van der Waals surface area contributed by atoms with E-state index in [-0.39, 0.29) is 6.04 Å². The van der Waals surface area contributed by atoms with Crippen LogP contribution in [0.2, 0.25) is 0 Å². The molecule has 0 heterocycles. The van der Waals surface area contributed by atoms with E-state index in [1.54, 1.807) is 6.20 Å². The van der Waals surface area contributed by atoms with Gasteiger partial charge in [-0.1, -0.05) is 6.08 Å². The average molecular weight is 238 g/mol. The Kier molecular flexibility index (Phi) is 4.99. The molecule has 2 N–H and O–H groups in total. The van der Waals surface area contributed by atoms with Crippen LogP contribution in [0.25, 0.3) is 0 Å². The average Bonchev–Trinajstić information content (AvgIpc) is 1.82. The molecule has 0 bridgehead atoms. The van der Waals surface area contributed by atoms with Crippen molar-refractivity contribution in [3.05, 3.63) is 12.3 Å². The van der Waals surface area contributed by atoms with Crippen molar-refractivity contribution >= 4 is 26.3 Å². The van der Waals surface area contributed by atoms with Crippen LogP contribution in [-0.2, 0) is 0 Å². The van der Waals surface area contributed by atoms with Crippen LogP contribution >= 0.6 is 22.6 Å². The molecule has 52 valence electrons. The lowest BCUT2D eigenvalue weighted by atomic mass is 10.4. The highest BCUT2D eigenvalue weighted by Gasteiger charge is 1.96. The molecule has 0 radical (unpaired) electrons. The van der Waals surface area contributed by atoms with Gasteiger partial charge in [0, 0.05) is 6.20 Å². The summed E-state index contributed by atoms with van der Waals surface area (Å²) in [5.74, 6) is 0. The van der Waals surface area contributed by atoms with Crippen LogP contribution < -0.4 is 5.73 Å². The standard InChI is InChI=1S/C6H11IN2/c1-3-4-9-6(7)5(2)8/h3-5H,8H2,1-2H3/b4-3-,9-6+. The Labute approximate surface area is 69.4 Å². The lowest BCUT2D eigenvalue weighted by molar-refractivity contribution is 0.992. The van der Waals surface area contributed by atoms with Crippen LogP contribution in [0.15, 0.2) is 17.3 Å². The van der Waals surface area contributed by atoms with Crippen LogP contribution in [0, 0.1) is 0 Å². The SMILES string of the molecule is C/C=C\N=C(\I)C(C)N. The summed E-state index contributed by atoms with van der Waals surface area (Å²) < 4.78 is 0.936. The zero-order valence-corrected chi connectivity index (χ0v) is 7.79. The third-order valence-corrected chi connectivity index (χ3v) is 1.98.